The lowest BCUT2D eigenvalue weighted by Crippen LogP contribution is -2.41. The number of hydrogen-bond donors (Lipinski definition) is 1. The van der Waals surface area contributed by atoms with Crippen molar-refractivity contribution in [1.82, 2.24) is 4.90 Å². The molecule has 0 aromatic heterocycles. The number of benzene rings is 2. The topological polar surface area (TPSA) is 41.6 Å². The fraction of sp³-hybridized carbons (Fsp3) is 0.350. The first kappa shape index (κ1) is 17.4. The van der Waals surface area contributed by atoms with Crippen LogP contribution in [0.4, 0.5) is 10.1 Å². The van der Waals surface area contributed by atoms with E-state index in [1.165, 1.54) is 17.7 Å². The van der Waals surface area contributed by atoms with Crippen LogP contribution in [0.1, 0.15) is 31.4 Å². The van der Waals surface area contributed by atoms with Crippen molar-refractivity contribution in [3.63, 3.8) is 0 Å². The molecule has 0 aliphatic carbocycles. The van der Waals surface area contributed by atoms with Crippen LogP contribution in [0.3, 0.4) is 0 Å². The predicted octanol–water partition coefficient (Wildman–Crippen LogP) is 4.00. The average molecular weight is 342 g/mol. The van der Waals surface area contributed by atoms with Crippen molar-refractivity contribution < 1.29 is 13.9 Å². The Labute approximate surface area is 147 Å². The van der Waals surface area contributed by atoms with Crippen molar-refractivity contribution >= 4 is 11.6 Å². The van der Waals surface area contributed by atoms with Crippen LogP contribution in [0.5, 0.6) is 5.75 Å². The van der Waals surface area contributed by atoms with Gasteiger partial charge in [-0.3, -0.25) is 9.69 Å². The Kier molecular flexibility index (Phi) is 5.34. The Morgan fingerprint density at radius 2 is 2.04 bits per heavy atom. The maximum atomic E-state index is 13.3. The quantitative estimate of drug-likeness (QED) is 0.893. The first-order valence-electron chi connectivity index (χ1n) is 8.54. The molecule has 0 saturated carbocycles. The van der Waals surface area contributed by atoms with E-state index in [2.05, 4.69) is 22.3 Å². The van der Waals surface area contributed by atoms with Gasteiger partial charge in [-0.15, -0.1) is 0 Å². The van der Waals surface area contributed by atoms with Crippen molar-refractivity contribution in [3.05, 3.63) is 59.9 Å². The Balaban J connectivity index is 1.71. The molecule has 5 heteroatoms. The van der Waals surface area contributed by atoms with Crippen LogP contribution in [-0.2, 0) is 4.79 Å². The molecule has 2 aromatic carbocycles. The third kappa shape index (κ3) is 3.99. The normalized spacial score (nSPS) is 18.8. The van der Waals surface area contributed by atoms with E-state index in [9.17, 15) is 9.18 Å². The SMILES string of the molecule is COc1ccc([C@@H]2CCCN2[C@@H](C)C(=O)Nc2cccc(F)c2)cc1. The number of halogens is 1. The van der Waals surface area contributed by atoms with Gasteiger partial charge in [-0.1, -0.05) is 18.2 Å². The van der Waals surface area contributed by atoms with Crippen molar-refractivity contribution in [1.29, 1.82) is 0 Å². The summed E-state index contributed by atoms with van der Waals surface area (Å²) >= 11 is 0. The Hall–Kier alpha value is -2.40. The van der Waals surface area contributed by atoms with Crippen LogP contribution >= 0.6 is 0 Å². The number of nitrogens with zero attached hydrogens (tertiary/aromatic N) is 1. The summed E-state index contributed by atoms with van der Waals surface area (Å²) in [6, 6.07) is 13.9. The highest BCUT2D eigenvalue weighted by Gasteiger charge is 2.33. The second-order valence-corrected chi connectivity index (χ2v) is 6.34. The second kappa shape index (κ2) is 7.66. The molecule has 1 saturated heterocycles. The third-order valence-corrected chi connectivity index (χ3v) is 4.76. The molecule has 132 valence electrons. The van der Waals surface area contributed by atoms with Gasteiger partial charge in [0.15, 0.2) is 0 Å². The van der Waals surface area contributed by atoms with Gasteiger partial charge in [0, 0.05) is 11.7 Å². The Morgan fingerprint density at radius 3 is 2.72 bits per heavy atom. The van der Waals surface area contributed by atoms with Gasteiger partial charge in [0.05, 0.1) is 13.2 Å². The molecule has 4 nitrogen and oxygen atoms in total. The zero-order valence-electron chi connectivity index (χ0n) is 14.5. The van der Waals surface area contributed by atoms with Crippen LogP contribution in [-0.4, -0.2) is 30.5 Å². The van der Waals surface area contributed by atoms with Gasteiger partial charge in [-0.25, -0.2) is 4.39 Å². The monoisotopic (exact) mass is 342 g/mol. The summed E-state index contributed by atoms with van der Waals surface area (Å²) in [5.74, 6) is 0.346. The van der Waals surface area contributed by atoms with Gasteiger partial charge in [0.1, 0.15) is 11.6 Å². The molecule has 1 aliphatic rings. The van der Waals surface area contributed by atoms with E-state index >= 15 is 0 Å². The Morgan fingerprint density at radius 1 is 1.28 bits per heavy atom. The van der Waals surface area contributed by atoms with Crippen LogP contribution in [0, 0.1) is 5.82 Å². The van der Waals surface area contributed by atoms with Crippen molar-refractivity contribution in [2.45, 2.75) is 31.8 Å². The van der Waals surface area contributed by atoms with E-state index in [1.807, 2.05) is 19.1 Å². The Bertz CT molecular complexity index is 733. The second-order valence-electron chi connectivity index (χ2n) is 6.34. The number of amides is 1. The minimum Gasteiger partial charge on any atom is -0.497 e. The predicted molar refractivity (Wildman–Crippen MR) is 96.2 cm³/mol. The number of carbonyl (C=O) groups is 1. The summed E-state index contributed by atoms with van der Waals surface area (Å²) in [5, 5.41) is 2.81. The number of nitrogens with one attached hydrogen (secondary N) is 1. The maximum absolute atomic E-state index is 13.3. The molecule has 0 bridgehead atoms. The first-order chi connectivity index (χ1) is 12.1. The highest BCUT2D eigenvalue weighted by molar-refractivity contribution is 5.94. The lowest BCUT2D eigenvalue weighted by Gasteiger charge is -2.30. The fourth-order valence-corrected chi connectivity index (χ4v) is 3.40. The molecular weight excluding hydrogens is 319 g/mol. The summed E-state index contributed by atoms with van der Waals surface area (Å²) in [7, 11) is 1.65. The minimum absolute atomic E-state index is 0.119. The molecule has 25 heavy (non-hydrogen) atoms. The standard InChI is InChI=1S/C20H23FN2O2/c1-14(20(24)22-17-6-3-5-16(21)13-17)23-12-4-7-19(23)15-8-10-18(25-2)11-9-15/h3,5-6,8-11,13-14,19H,4,7,12H2,1-2H3,(H,22,24)/t14-,19-/m0/s1. The summed E-state index contributed by atoms with van der Waals surface area (Å²) in [6.45, 7) is 2.77. The van der Waals surface area contributed by atoms with Gasteiger partial charge in [-0.05, 0) is 62.2 Å². The van der Waals surface area contributed by atoms with Crippen molar-refractivity contribution in [2.24, 2.45) is 0 Å². The zero-order valence-corrected chi connectivity index (χ0v) is 14.5. The van der Waals surface area contributed by atoms with Crippen LogP contribution in [0.25, 0.3) is 0 Å². The van der Waals surface area contributed by atoms with E-state index in [4.69, 9.17) is 4.74 Å². The molecule has 0 unspecified atom stereocenters. The molecule has 1 heterocycles. The number of rotatable bonds is 5. The molecule has 2 aromatic rings. The lowest BCUT2D eigenvalue weighted by molar-refractivity contribution is -0.121. The number of hydrogen-bond acceptors (Lipinski definition) is 3. The molecule has 2 atom stereocenters. The van der Waals surface area contributed by atoms with Crippen molar-refractivity contribution in [3.8, 4) is 5.75 Å². The minimum atomic E-state index is -0.359. The molecule has 1 N–H and O–H groups in total. The van der Waals surface area contributed by atoms with E-state index < -0.39 is 0 Å². The van der Waals surface area contributed by atoms with E-state index in [0.717, 1.165) is 25.1 Å². The lowest BCUT2D eigenvalue weighted by atomic mass is 10.0. The third-order valence-electron chi connectivity index (χ3n) is 4.76. The number of ether oxygens (including phenoxy) is 1. The van der Waals surface area contributed by atoms with Gasteiger partial charge in [0.2, 0.25) is 5.91 Å². The molecular formula is C20H23FN2O2. The number of carbonyl (C=O) groups excluding carboxylic acids is 1. The molecule has 1 fully saturated rings. The number of methoxy groups -OCH3 is 1. The van der Waals surface area contributed by atoms with Crippen LogP contribution < -0.4 is 10.1 Å². The summed E-state index contributed by atoms with van der Waals surface area (Å²) in [6.07, 6.45) is 2.07. The van der Waals surface area contributed by atoms with Gasteiger partial charge < -0.3 is 10.1 Å². The molecule has 1 aliphatic heterocycles. The van der Waals surface area contributed by atoms with Crippen LogP contribution in [0.15, 0.2) is 48.5 Å². The van der Waals surface area contributed by atoms with E-state index in [1.54, 1.807) is 19.2 Å². The molecule has 0 radical (unpaired) electrons. The fourth-order valence-electron chi connectivity index (χ4n) is 3.40. The first-order valence-corrected chi connectivity index (χ1v) is 8.54. The molecule has 1 amide bonds. The number of anilines is 1. The highest BCUT2D eigenvalue weighted by Crippen LogP contribution is 2.34. The summed E-state index contributed by atoms with van der Waals surface area (Å²) < 4.78 is 18.5. The average Bonchev–Trinajstić information content (AvgIpc) is 3.10. The van der Waals surface area contributed by atoms with Gasteiger partial charge >= 0.3 is 0 Å². The van der Waals surface area contributed by atoms with E-state index in [0.29, 0.717) is 5.69 Å². The van der Waals surface area contributed by atoms with E-state index in [-0.39, 0.29) is 23.8 Å². The summed E-state index contributed by atoms with van der Waals surface area (Å²) in [5.41, 5.74) is 1.67. The van der Waals surface area contributed by atoms with Gasteiger partial charge in [0.25, 0.3) is 0 Å². The smallest absolute Gasteiger partial charge is 0.241 e. The zero-order chi connectivity index (χ0) is 17.8. The van der Waals surface area contributed by atoms with Gasteiger partial charge in [-0.2, -0.15) is 0 Å². The molecule has 3 rings (SSSR count). The highest BCUT2D eigenvalue weighted by atomic mass is 19.1. The van der Waals surface area contributed by atoms with Crippen LogP contribution in [0.2, 0.25) is 0 Å². The maximum Gasteiger partial charge on any atom is 0.241 e. The largest absolute Gasteiger partial charge is 0.497 e. The van der Waals surface area contributed by atoms with Crippen molar-refractivity contribution in [2.75, 3.05) is 19.0 Å². The molecule has 0 spiro atoms. The number of likely N-dealkylation sites (tertiary alicyclic amines) is 1. The summed E-state index contributed by atoms with van der Waals surface area (Å²) in [4.78, 5) is 14.8.